The molecule has 0 spiro atoms. The average Bonchev–Trinajstić information content (AvgIpc) is 3.22. The third-order valence-corrected chi connectivity index (χ3v) is 10.5. The number of hydrogen-bond acceptors (Lipinski definition) is 12. The number of nitro groups is 2. The molecular formula is C36H12F10N4O10S2. The second kappa shape index (κ2) is 17.0. The van der Waals surface area contributed by atoms with E-state index in [0.29, 0.717) is 12.2 Å². The molecule has 318 valence electrons. The first-order chi connectivity index (χ1) is 28.9. The summed E-state index contributed by atoms with van der Waals surface area (Å²) in [5, 5.41) is 42.3. The molecule has 5 aromatic carbocycles. The summed E-state index contributed by atoms with van der Waals surface area (Å²) in [4.78, 5) is 15.4. The molecule has 0 aliphatic heterocycles. The van der Waals surface area contributed by atoms with Crippen LogP contribution in [0.3, 0.4) is 0 Å². The van der Waals surface area contributed by atoms with Crippen molar-refractivity contribution >= 4 is 54.9 Å². The summed E-state index contributed by atoms with van der Waals surface area (Å²) in [5.74, 6) is -31.5. The number of hydrogen-bond donors (Lipinski definition) is 0. The highest BCUT2D eigenvalue weighted by Crippen LogP contribution is 2.39. The molecule has 0 aromatic heterocycles. The molecule has 0 saturated carbocycles. The van der Waals surface area contributed by atoms with Gasteiger partial charge in [-0.25, -0.2) is 43.9 Å². The second-order valence-corrected chi connectivity index (χ2v) is 14.7. The minimum Gasteiger partial charge on any atom is -0.378 e. The molecule has 5 aromatic rings. The van der Waals surface area contributed by atoms with Crippen LogP contribution < -0.4 is 8.37 Å². The van der Waals surface area contributed by atoms with Gasteiger partial charge in [0.25, 0.3) is 11.4 Å². The Hall–Kier alpha value is -7.84. The molecule has 0 fully saturated rings. The van der Waals surface area contributed by atoms with Crippen LogP contribution in [0.5, 0.6) is 11.5 Å². The summed E-state index contributed by atoms with van der Waals surface area (Å²) in [6, 6.07) is 10.6. The Morgan fingerprint density at radius 1 is 0.500 bits per heavy atom. The van der Waals surface area contributed by atoms with E-state index in [4.69, 9.17) is 8.37 Å². The largest absolute Gasteiger partial charge is 0.378 e. The molecule has 62 heavy (non-hydrogen) atoms. The van der Waals surface area contributed by atoms with Crippen molar-refractivity contribution in [2.45, 2.75) is 9.79 Å². The standard InChI is InChI=1S/C36H12F10N4O10S2/c37-25-27(39)31(43)35(32(44)28(25)40)61(55,56)59-23-12-18(10-20(14-48)16-3-7-22(8-4-16)50(53)54)24(60-62(57,58)36-33(45)29(41)26(38)30(42)34(36)46)11-17(23)9-19(13-47)15-1-5-21(6-2-15)49(51)52/h1-12H. The maximum absolute atomic E-state index is 14.8. The highest BCUT2D eigenvalue weighted by Gasteiger charge is 2.38. The molecule has 0 bridgehead atoms. The fourth-order valence-electron chi connectivity index (χ4n) is 5.09. The van der Waals surface area contributed by atoms with Crippen LogP contribution in [0.15, 0.2) is 70.5 Å². The number of benzene rings is 5. The van der Waals surface area contributed by atoms with Crippen LogP contribution in [0.2, 0.25) is 0 Å². The molecule has 14 nitrogen and oxygen atoms in total. The third kappa shape index (κ3) is 8.58. The number of halogens is 10. The summed E-state index contributed by atoms with van der Waals surface area (Å²) in [6.45, 7) is 0. The van der Waals surface area contributed by atoms with E-state index < -0.39 is 143 Å². The van der Waals surface area contributed by atoms with Gasteiger partial charge in [0.2, 0.25) is 11.6 Å². The number of nitrogens with zero attached hydrogens (tertiary/aromatic N) is 4. The van der Waals surface area contributed by atoms with Crippen LogP contribution >= 0.6 is 0 Å². The van der Waals surface area contributed by atoms with Gasteiger partial charge in [0.05, 0.1) is 33.1 Å². The summed E-state index contributed by atoms with van der Waals surface area (Å²) < 4.78 is 206. The van der Waals surface area contributed by atoms with Gasteiger partial charge in [0, 0.05) is 35.4 Å². The van der Waals surface area contributed by atoms with Crippen molar-refractivity contribution in [2.75, 3.05) is 0 Å². The topological polar surface area (TPSA) is 221 Å². The van der Waals surface area contributed by atoms with Crippen molar-refractivity contribution in [1.29, 1.82) is 10.5 Å². The van der Waals surface area contributed by atoms with Crippen LogP contribution in [0.1, 0.15) is 22.3 Å². The lowest BCUT2D eigenvalue weighted by atomic mass is 9.99. The van der Waals surface area contributed by atoms with E-state index in [9.17, 15) is 91.5 Å². The number of non-ortho nitro benzene ring substituents is 2. The number of nitriles is 2. The molecule has 0 aliphatic carbocycles. The van der Waals surface area contributed by atoms with Crippen molar-refractivity contribution in [3.63, 3.8) is 0 Å². The maximum atomic E-state index is 14.8. The van der Waals surface area contributed by atoms with Gasteiger partial charge in [-0.3, -0.25) is 20.2 Å². The van der Waals surface area contributed by atoms with Crippen molar-refractivity contribution in [2.24, 2.45) is 0 Å². The average molecular weight is 915 g/mol. The zero-order valence-electron chi connectivity index (χ0n) is 29.4. The molecule has 0 unspecified atom stereocenters. The Balaban J connectivity index is 1.89. The molecule has 26 heteroatoms. The second-order valence-electron chi connectivity index (χ2n) is 11.7. The first-order valence-electron chi connectivity index (χ1n) is 15.8. The molecule has 0 atom stereocenters. The monoisotopic (exact) mass is 914 g/mol. The number of rotatable bonds is 12. The molecule has 0 amide bonds. The lowest BCUT2D eigenvalue weighted by Gasteiger charge is -2.17. The minimum absolute atomic E-state index is 0.256. The third-order valence-electron chi connectivity index (χ3n) is 8.00. The van der Waals surface area contributed by atoms with E-state index >= 15 is 0 Å². The van der Waals surface area contributed by atoms with Crippen LogP contribution in [-0.2, 0) is 20.2 Å². The van der Waals surface area contributed by atoms with Gasteiger partial charge in [-0.2, -0.15) is 27.4 Å². The zero-order valence-corrected chi connectivity index (χ0v) is 31.0. The fraction of sp³-hybridized carbons (Fsp3) is 0. The Bertz CT molecular complexity index is 2870. The predicted molar refractivity (Wildman–Crippen MR) is 188 cm³/mol. The smallest absolute Gasteiger partial charge is 0.345 e. The van der Waals surface area contributed by atoms with Gasteiger partial charge >= 0.3 is 20.2 Å². The number of nitro benzene ring substituents is 2. The van der Waals surface area contributed by atoms with Gasteiger partial charge in [-0.1, -0.05) is 0 Å². The molecule has 0 heterocycles. The molecule has 0 radical (unpaired) electrons. The Kier molecular flexibility index (Phi) is 12.4. The maximum Gasteiger partial charge on any atom is 0.345 e. The fourth-order valence-corrected chi connectivity index (χ4v) is 7.25. The normalized spacial score (nSPS) is 12.1. The Morgan fingerprint density at radius 3 is 1.00 bits per heavy atom. The first kappa shape index (κ1) is 45.2. The van der Waals surface area contributed by atoms with E-state index in [1.807, 2.05) is 0 Å². The van der Waals surface area contributed by atoms with Crippen molar-refractivity contribution < 1.29 is 79.0 Å². The van der Waals surface area contributed by atoms with Gasteiger partial charge in [0.1, 0.15) is 0 Å². The van der Waals surface area contributed by atoms with Gasteiger partial charge in [-0.05, 0) is 59.7 Å². The molecular weight excluding hydrogens is 903 g/mol. The molecule has 5 rings (SSSR count). The molecule has 0 saturated heterocycles. The first-order valence-corrected chi connectivity index (χ1v) is 18.6. The summed E-state index contributed by atoms with van der Waals surface area (Å²) in [7, 11) is -12.6. The highest BCUT2D eigenvalue weighted by atomic mass is 32.2. The van der Waals surface area contributed by atoms with E-state index in [-0.39, 0.29) is 23.3 Å². The Morgan fingerprint density at radius 2 is 0.758 bits per heavy atom. The van der Waals surface area contributed by atoms with Crippen molar-refractivity contribution in [3.05, 3.63) is 161 Å². The Labute approximate surface area is 338 Å². The van der Waals surface area contributed by atoms with Gasteiger partial charge in [-0.15, -0.1) is 0 Å². The minimum atomic E-state index is -6.32. The van der Waals surface area contributed by atoms with Crippen LogP contribution in [-0.4, -0.2) is 26.7 Å². The zero-order chi connectivity index (χ0) is 46.2. The quantitative estimate of drug-likeness (QED) is 0.0168. The van der Waals surface area contributed by atoms with Gasteiger partial charge in [0.15, 0.2) is 67.8 Å². The van der Waals surface area contributed by atoms with Crippen LogP contribution in [0.25, 0.3) is 23.3 Å². The summed E-state index contributed by atoms with van der Waals surface area (Å²) in [5.41, 5.74) is -5.15. The SMILES string of the molecule is N#CC(=Cc1cc(OS(=O)(=O)c2c(F)c(F)c(F)c(F)c2F)c(C=C(C#N)c2ccc([N+](=O)[O-])cc2)cc1OS(=O)(=O)c1c(F)c(F)c(F)c(F)c1F)c1ccc([N+](=O)[O-])cc1. The van der Waals surface area contributed by atoms with E-state index in [1.165, 1.54) is 12.1 Å². The molecule has 0 aliphatic rings. The van der Waals surface area contributed by atoms with E-state index in [2.05, 4.69) is 0 Å². The van der Waals surface area contributed by atoms with Crippen molar-refractivity contribution in [1.82, 2.24) is 0 Å². The highest BCUT2D eigenvalue weighted by molar-refractivity contribution is 7.87. The molecule has 0 N–H and O–H groups in total. The lowest BCUT2D eigenvalue weighted by molar-refractivity contribution is -0.385. The lowest BCUT2D eigenvalue weighted by Crippen LogP contribution is -2.19. The van der Waals surface area contributed by atoms with Gasteiger partial charge < -0.3 is 8.37 Å². The van der Waals surface area contributed by atoms with Crippen molar-refractivity contribution in [3.8, 4) is 23.6 Å². The summed E-state index contributed by atoms with van der Waals surface area (Å²) >= 11 is 0. The predicted octanol–water partition coefficient (Wildman–Crippen LogP) is 8.56. The van der Waals surface area contributed by atoms with Crippen LogP contribution in [0, 0.1) is 101 Å². The van der Waals surface area contributed by atoms with Crippen LogP contribution in [0.4, 0.5) is 55.3 Å². The number of allylic oxidation sites excluding steroid dienone is 2. The van der Waals surface area contributed by atoms with E-state index in [0.717, 1.165) is 48.5 Å². The van der Waals surface area contributed by atoms with E-state index in [1.54, 1.807) is 0 Å². The summed E-state index contributed by atoms with van der Waals surface area (Å²) in [6.07, 6.45) is 1.02.